The van der Waals surface area contributed by atoms with Crippen molar-refractivity contribution in [3.8, 4) is 0 Å². The molecule has 1 aliphatic rings. The van der Waals surface area contributed by atoms with Crippen LogP contribution in [0, 0.1) is 6.92 Å². The summed E-state index contributed by atoms with van der Waals surface area (Å²) in [7, 11) is -7.69. The first-order valence-electron chi connectivity index (χ1n) is 7.92. The SMILES string of the molecule is Cc1ccc(S(=O)(=O)NC(C)(C)CN)cc1S(=O)(=O)N1CCOCC1. The number of hydrogen-bond acceptors (Lipinski definition) is 6. The van der Waals surface area contributed by atoms with Crippen LogP contribution >= 0.6 is 0 Å². The molecule has 0 saturated carbocycles. The van der Waals surface area contributed by atoms with Gasteiger partial charge in [-0.15, -0.1) is 0 Å². The molecule has 0 aliphatic carbocycles. The smallest absolute Gasteiger partial charge is 0.243 e. The number of ether oxygens (including phenoxy) is 1. The van der Waals surface area contributed by atoms with Gasteiger partial charge in [0.15, 0.2) is 0 Å². The molecule has 25 heavy (non-hydrogen) atoms. The molecule has 1 heterocycles. The Morgan fingerprint density at radius 1 is 1.20 bits per heavy atom. The van der Waals surface area contributed by atoms with Crippen molar-refractivity contribution < 1.29 is 21.6 Å². The third kappa shape index (κ3) is 4.57. The molecule has 0 spiro atoms. The fourth-order valence-corrected chi connectivity index (χ4v) is 5.60. The van der Waals surface area contributed by atoms with Gasteiger partial charge in [0.25, 0.3) is 0 Å². The molecule has 1 aliphatic heterocycles. The topological polar surface area (TPSA) is 119 Å². The van der Waals surface area contributed by atoms with E-state index in [0.29, 0.717) is 18.8 Å². The summed E-state index contributed by atoms with van der Waals surface area (Å²) in [5, 5.41) is 0. The summed E-state index contributed by atoms with van der Waals surface area (Å²) in [5.74, 6) is 0. The molecule has 0 atom stereocenters. The first-order chi connectivity index (χ1) is 11.5. The Hall–Kier alpha value is -1.04. The molecular weight excluding hydrogens is 366 g/mol. The lowest BCUT2D eigenvalue weighted by atomic mass is 10.1. The van der Waals surface area contributed by atoms with Gasteiger partial charge in [-0.2, -0.15) is 4.31 Å². The number of aryl methyl sites for hydroxylation is 1. The number of nitrogens with two attached hydrogens (primary N) is 1. The Morgan fingerprint density at radius 2 is 1.80 bits per heavy atom. The van der Waals surface area contributed by atoms with Crippen molar-refractivity contribution in [3.63, 3.8) is 0 Å². The quantitative estimate of drug-likeness (QED) is 0.706. The minimum absolute atomic E-state index is 0.0113. The minimum atomic E-state index is -3.90. The molecule has 0 aromatic heterocycles. The van der Waals surface area contributed by atoms with Crippen LogP contribution in [0.2, 0.25) is 0 Å². The van der Waals surface area contributed by atoms with Gasteiger partial charge in [-0.3, -0.25) is 0 Å². The highest BCUT2D eigenvalue weighted by Gasteiger charge is 2.30. The average molecular weight is 392 g/mol. The van der Waals surface area contributed by atoms with Gasteiger partial charge in [-0.05, 0) is 38.5 Å². The van der Waals surface area contributed by atoms with Gasteiger partial charge in [0, 0.05) is 25.2 Å². The molecule has 0 radical (unpaired) electrons. The molecule has 10 heteroatoms. The first kappa shape index (κ1) is 20.3. The van der Waals surface area contributed by atoms with Crippen molar-refractivity contribution in [2.45, 2.75) is 36.1 Å². The average Bonchev–Trinajstić information content (AvgIpc) is 2.54. The Bertz CT molecular complexity index is 829. The van der Waals surface area contributed by atoms with Crippen LogP contribution in [0.3, 0.4) is 0 Å². The van der Waals surface area contributed by atoms with E-state index in [2.05, 4.69) is 4.72 Å². The summed E-state index contributed by atoms with van der Waals surface area (Å²) in [6.45, 7) is 6.20. The number of nitrogens with zero attached hydrogens (tertiary/aromatic N) is 1. The highest BCUT2D eigenvalue weighted by Crippen LogP contribution is 2.24. The van der Waals surface area contributed by atoms with Crippen molar-refractivity contribution in [3.05, 3.63) is 23.8 Å². The molecule has 0 unspecified atom stereocenters. The Kier molecular flexibility index (Phi) is 5.92. The lowest BCUT2D eigenvalue weighted by Crippen LogP contribution is -2.48. The summed E-state index contributed by atoms with van der Waals surface area (Å²) in [6, 6.07) is 4.09. The van der Waals surface area contributed by atoms with Crippen LogP contribution in [-0.2, 0) is 24.8 Å². The summed E-state index contributed by atoms with van der Waals surface area (Å²) in [5.41, 5.74) is 5.22. The van der Waals surface area contributed by atoms with Gasteiger partial charge in [-0.25, -0.2) is 21.6 Å². The van der Waals surface area contributed by atoms with E-state index in [1.807, 2.05) is 0 Å². The monoisotopic (exact) mass is 391 g/mol. The van der Waals surface area contributed by atoms with E-state index in [1.165, 1.54) is 22.5 Å². The van der Waals surface area contributed by atoms with Gasteiger partial charge in [0.1, 0.15) is 0 Å². The molecule has 2 rings (SSSR count). The van der Waals surface area contributed by atoms with Crippen molar-refractivity contribution >= 4 is 20.0 Å². The molecule has 8 nitrogen and oxygen atoms in total. The van der Waals surface area contributed by atoms with Gasteiger partial charge < -0.3 is 10.5 Å². The molecule has 1 aromatic rings. The lowest BCUT2D eigenvalue weighted by Gasteiger charge is -2.27. The van der Waals surface area contributed by atoms with E-state index < -0.39 is 25.6 Å². The van der Waals surface area contributed by atoms with E-state index >= 15 is 0 Å². The molecule has 3 N–H and O–H groups in total. The van der Waals surface area contributed by atoms with Gasteiger partial charge >= 0.3 is 0 Å². The Labute approximate surface area is 149 Å². The third-order valence-corrected chi connectivity index (χ3v) is 7.72. The highest BCUT2D eigenvalue weighted by atomic mass is 32.2. The van der Waals surface area contributed by atoms with Crippen LogP contribution < -0.4 is 10.5 Å². The predicted octanol–water partition coefficient (Wildman–Crippen LogP) is 0.0315. The predicted molar refractivity (Wildman–Crippen MR) is 94.2 cm³/mol. The summed E-state index contributed by atoms with van der Waals surface area (Å²) >= 11 is 0. The number of nitrogens with one attached hydrogen (secondary N) is 1. The van der Waals surface area contributed by atoms with Gasteiger partial charge in [-0.1, -0.05) is 6.07 Å². The van der Waals surface area contributed by atoms with Crippen LogP contribution in [0.25, 0.3) is 0 Å². The normalized spacial score (nSPS) is 17.6. The number of rotatable bonds is 6. The molecule has 0 amide bonds. The van der Waals surface area contributed by atoms with Crippen LogP contribution in [-0.4, -0.2) is 59.5 Å². The van der Waals surface area contributed by atoms with Crippen molar-refractivity contribution in [1.82, 2.24) is 9.03 Å². The van der Waals surface area contributed by atoms with Crippen LogP contribution in [0.1, 0.15) is 19.4 Å². The zero-order valence-electron chi connectivity index (χ0n) is 14.6. The maximum absolute atomic E-state index is 12.9. The van der Waals surface area contributed by atoms with E-state index in [4.69, 9.17) is 10.5 Å². The molecular formula is C15H25N3O5S2. The van der Waals surface area contributed by atoms with Crippen molar-refractivity contribution in [2.24, 2.45) is 5.73 Å². The lowest BCUT2D eigenvalue weighted by molar-refractivity contribution is 0.0730. The number of sulfonamides is 2. The maximum Gasteiger partial charge on any atom is 0.243 e. The van der Waals surface area contributed by atoms with E-state index in [1.54, 1.807) is 20.8 Å². The number of morpholine rings is 1. The second-order valence-electron chi connectivity index (χ2n) is 6.64. The van der Waals surface area contributed by atoms with Crippen LogP contribution in [0.4, 0.5) is 0 Å². The molecule has 1 fully saturated rings. The van der Waals surface area contributed by atoms with E-state index in [-0.39, 0.29) is 29.4 Å². The standard InChI is InChI=1S/C15H25N3O5S2/c1-12-4-5-13(24(19,20)17-15(2,3)11-16)10-14(12)25(21,22)18-6-8-23-9-7-18/h4-5,10,17H,6-9,11,16H2,1-3H3. The highest BCUT2D eigenvalue weighted by molar-refractivity contribution is 7.90. The summed E-state index contributed by atoms with van der Waals surface area (Å²) in [4.78, 5) is -0.116. The second-order valence-corrected chi connectivity index (χ2v) is 10.2. The van der Waals surface area contributed by atoms with Gasteiger partial charge in [0.05, 0.1) is 23.0 Å². The first-order valence-corrected chi connectivity index (χ1v) is 10.8. The second kappa shape index (κ2) is 7.29. The Morgan fingerprint density at radius 3 is 2.36 bits per heavy atom. The summed E-state index contributed by atoms with van der Waals surface area (Å²) in [6.07, 6.45) is 0. The zero-order valence-corrected chi connectivity index (χ0v) is 16.3. The molecule has 1 saturated heterocycles. The zero-order chi connectivity index (χ0) is 18.9. The molecule has 142 valence electrons. The molecule has 1 aromatic carbocycles. The fraction of sp³-hybridized carbons (Fsp3) is 0.600. The number of benzene rings is 1. The minimum Gasteiger partial charge on any atom is -0.379 e. The van der Waals surface area contributed by atoms with Crippen LogP contribution in [0.5, 0.6) is 0 Å². The van der Waals surface area contributed by atoms with Gasteiger partial charge in [0.2, 0.25) is 20.0 Å². The fourth-order valence-electron chi connectivity index (χ4n) is 2.42. The third-order valence-electron chi connectivity index (χ3n) is 3.98. The van der Waals surface area contributed by atoms with E-state index in [0.717, 1.165) is 0 Å². The van der Waals surface area contributed by atoms with Crippen LogP contribution in [0.15, 0.2) is 28.0 Å². The van der Waals surface area contributed by atoms with E-state index in [9.17, 15) is 16.8 Å². The maximum atomic E-state index is 12.9. The van der Waals surface area contributed by atoms with Crippen molar-refractivity contribution in [1.29, 1.82) is 0 Å². The summed E-state index contributed by atoms with van der Waals surface area (Å²) < 4.78 is 59.9. The largest absolute Gasteiger partial charge is 0.379 e. The Balaban J connectivity index is 2.44. The van der Waals surface area contributed by atoms with Crippen molar-refractivity contribution in [2.75, 3.05) is 32.8 Å². The number of hydrogen-bond donors (Lipinski definition) is 2. The molecule has 0 bridgehead atoms.